The number of amides is 1. The second-order valence-corrected chi connectivity index (χ2v) is 7.54. The summed E-state index contributed by atoms with van der Waals surface area (Å²) >= 11 is 6.24. The molecule has 3 aromatic rings. The molecule has 0 aliphatic carbocycles. The molecule has 0 spiro atoms. The highest BCUT2D eigenvalue weighted by Gasteiger charge is 2.31. The van der Waals surface area contributed by atoms with Crippen molar-refractivity contribution in [3.63, 3.8) is 0 Å². The molecule has 1 amide bonds. The van der Waals surface area contributed by atoms with E-state index in [4.69, 9.17) is 21.4 Å². The van der Waals surface area contributed by atoms with Gasteiger partial charge in [0.1, 0.15) is 18.0 Å². The van der Waals surface area contributed by atoms with Gasteiger partial charge in [0.05, 0.1) is 24.1 Å². The minimum atomic E-state index is -4.87. The molecular weight excluding hydrogens is 481 g/mol. The van der Waals surface area contributed by atoms with E-state index >= 15 is 0 Å². The molecule has 0 saturated carbocycles. The molecule has 0 fully saturated rings. The van der Waals surface area contributed by atoms with Gasteiger partial charge in [0.25, 0.3) is 5.91 Å². The number of benzene rings is 2. The molecule has 34 heavy (non-hydrogen) atoms. The van der Waals surface area contributed by atoms with Crippen LogP contribution in [0.4, 0.5) is 13.2 Å². The maximum atomic E-state index is 13.3. The van der Waals surface area contributed by atoms with Gasteiger partial charge in [-0.05, 0) is 48.9 Å². The van der Waals surface area contributed by atoms with Crippen LogP contribution in [0, 0.1) is 6.92 Å². The summed E-state index contributed by atoms with van der Waals surface area (Å²) in [6, 6.07) is 7.41. The average Bonchev–Trinajstić information content (AvgIpc) is 3.00. The van der Waals surface area contributed by atoms with Crippen molar-refractivity contribution >= 4 is 40.3 Å². The molecule has 2 aromatic carbocycles. The van der Waals surface area contributed by atoms with Crippen molar-refractivity contribution < 1.29 is 42.1 Å². The molecule has 1 heterocycles. The molecule has 0 saturated heterocycles. The Hall–Kier alpha value is -3.73. The SMILES string of the molecule is COc1cc2c(CC(=O)NCC(=O)O)c(C)n(C(=O)c3ccc(OC(F)(F)F)cc3)c2cc1Cl. The van der Waals surface area contributed by atoms with Gasteiger partial charge in [-0.25, -0.2) is 0 Å². The smallest absolute Gasteiger partial charge is 0.495 e. The number of hydrogen-bond acceptors (Lipinski definition) is 5. The van der Waals surface area contributed by atoms with Crippen LogP contribution in [0.3, 0.4) is 0 Å². The lowest BCUT2D eigenvalue weighted by Crippen LogP contribution is -2.30. The van der Waals surface area contributed by atoms with Gasteiger partial charge in [0.2, 0.25) is 5.91 Å². The number of carbonyl (C=O) groups excluding carboxylic acids is 2. The number of nitrogens with one attached hydrogen (secondary N) is 1. The number of carbonyl (C=O) groups is 3. The minimum Gasteiger partial charge on any atom is -0.495 e. The van der Waals surface area contributed by atoms with E-state index in [1.54, 1.807) is 13.0 Å². The first-order valence-electron chi connectivity index (χ1n) is 9.67. The number of hydrogen-bond donors (Lipinski definition) is 2. The molecule has 0 radical (unpaired) electrons. The van der Waals surface area contributed by atoms with Crippen LogP contribution in [0.1, 0.15) is 21.6 Å². The van der Waals surface area contributed by atoms with Gasteiger partial charge in [-0.15, -0.1) is 13.2 Å². The molecule has 0 atom stereocenters. The zero-order valence-corrected chi connectivity index (χ0v) is 18.6. The Morgan fingerprint density at radius 3 is 2.35 bits per heavy atom. The molecule has 0 aliphatic heterocycles. The van der Waals surface area contributed by atoms with Crippen LogP contribution in [-0.4, -0.2) is 47.5 Å². The number of carboxylic acids is 1. The quantitative estimate of drug-likeness (QED) is 0.511. The average molecular weight is 499 g/mol. The lowest BCUT2D eigenvalue weighted by Gasteiger charge is -2.11. The summed E-state index contributed by atoms with van der Waals surface area (Å²) in [6.07, 6.45) is -5.11. The minimum absolute atomic E-state index is 0.0587. The predicted octanol–water partition coefficient (Wildman–Crippen LogP) is 3.94. The van der Waals surface area contributed by atoms with Gasteiger partial charge in [0.15, 0.2) is 0 Å². The number of methoxy groups -OCH3 is 1. The van der Waals surface area contributed by atoms with Crippen LogP contribution in [0.15, 0.2) is 36.4 Å². The fourth-order valence-corrected chi connectivity index (χ4v) is 3.68. The monoisotopic (exact) mass is 498 g/mol. The second-order valence-electron chi connectivity index (χ2n) is 7.13. The number of rotatable bonds is 7. The van der Waals surface area contributed by atoms with Crippen LogP contribution < -0.4 is 14.8 Å². The van der Waals surface area contributed by atoms with Gasteiger partial charge in [-0.2, -0.15) is 0 Å². The van der Waals surface area contributed by atoms with E-state index in [1.807, 2.05) is 0 Å². The molecular formula is C22H18ClF3N2O6. The van der Waals surface area contributed by atoms with Crippen molar-refractivity contribution in [3.8, 4) is 11.5 Å². The van der Waals surface area contributed by atoms with Crippen LogP contribution in [0.2, 0.25) is 5.02 Å². The normalized spacial score (nSPS) is 11.4. The number of carboxylic acid groups (broad SMARTS) is 1. The van der Waals surface area contributed by atoms with E-state index in [-0.39, 0.29) is 17.0 Å². The van der Waals surface area contributed by atoms with Gasteiger partial charge in [0, 0.05) is 16.6 Å². The number of alkyl halides is 3. The van der Waals surface area contributed by atoms with Crippen LogP contribution in [0.5, 0.6) is 11.5 Å². The van der Waals surface area contributed by atoms with Crippen molar-refractivity contribution in [1.29, 1.82) is 0 Å². The molecule has 12 heteroatoms. The number of halogens is 4. The lowest BCUT2D eigenvalue weighted by molar-refractivity contribution is -0.274. The maximum absolute atomic E-state index is 13.3. The third kappa shape index (κ3) is 5.42. The van der Waals surface area contributed by atoms with Crippen molar-refractivity contribution in [3.05, 3.63) is 58.2 Å². The number of aromatic nitrogens is 1. The van der Waals surface area contributed by atoms with Gasteiger partial charge in [-0.1, -0.05) is 11.6 Å². The van der Waals surface area contributed by atoms with E-state index in [1.165, 1.54) is 29.9 Å². The highest BCUT2D eigenvalue weighted by Crippen LogP contribution is 2.35. The van der Waals surface area contributed by atoms with Gasteiger partial charge >= 0.3 is 12.3 Å². The van der Waals surface area contributed by atoms with Crippen LogP contribution >= 0.6 is 11.6 Å². The van der Waals surface area contributed by atoms with Crippen molar-refractivity contribution in [1.82, 2.24) is 9.88 Å². The van der Waals surface area contributed by atoms with Gasteiger partial charge in [-0.3, -0.25) is 19.0 Å². The third-order valence-corrected chi connectivity index (χ3v) is 5.22. The first-order valence-corrected chi connectivity index (χ1v) is 10.1. The van der Waals surface area contributed by atoms with Crippen LogP contribution in [0.25, 0.3) is 10.9 Å². The van der Waals surface area contributed by atoms with Crippen molar-refractivity contribution in [2.24, 2.45) is 0 Å². The molecule has 0 bridgehead atoms. The second kappa shape index (κ2) is 9.64. The summed E-state index contributed by atoms with van der Waals surface area (Å²) in [6.45, 7) is 1.01. The number of aliphatic carboxylic acids is 1. The van der Waals surface area contributed by atoms with E-state index in [2.05, 4.69) is 10.1 Å². The zero-order chi connectivity index (χ0) is 25.2. The Morgan fingerprint density at radius 1 is 1.15 bits per heavy atom. The molecule has 8 nitrogen and oxygen atoms in total. The molecule has 0 aliphatic rings. The molecule has 180 valence electrons. The Bertz CT molecular complexity index is 1270. The first kappa shape index (κ1) is 24.9. The molecule has 1 aromatic heterocycles. The summed E-state index contributed by atoms with van der Waals surface area (Å²) in [4.78, 5) is 36.3. The summed E-state index contributed by atoms with van der Waals surface area (Å²) in [5.74, 6) is -2.57. The highest BCUT2D eigenvalue weighted by atomic mass is 35.5. The van der Waals surface area contributed by atoms with Crippen molar-refractivity contribution in [2.75, 3.05) is 13.7 Å². The third-order valence-electron chi connectivity index (χ3n) is 4.92. The van der Waals surface area contributed by atoms with Crippen LogP contribution in [-0.2, 0) is 16.0 Å². The predicted molar refractivity (Wildman–Crippen MR) is 115 cm³/mol. The standard InChI is InChI=1S/C22H18ClF3N2O6/c1-11-14(8-19(29)27-10-20(30)31)15-7-18(33-2)16(23)9-17(15)28(11)21(32)12-3-5-13(6-4-12)34-22(24,25)26/h3-7,9H,8,10H2,1-2H3,(H,27,29)(H,30,31). The van der Waals surface area contributed by atoms with E-state index in [0.717, 1.165) is 12.1 Å². The fourth-order valence-electron chi connectivity index (χ4n) is 3.45. The fraction of sp³-hybridized carbons (Fsp3) is 0.227. The largest absolute Gasteiger partial charge is 0.573 e. The first-order chi connectivity index (χ1) is 15.9. The molecule has 3 rings (SSSR count). The Kier molecular flexibility index (Phi) is 7.06. The Labute approximate surface area is 195 Å². The zero-order valence-electron chi connectivity index (χ0n) is 17.8. The van der Waals surface area contributed by atoms with Gasteiger partial charge < -0.3 is 19.9 Å². The number of ether oxygens (including phenoxy) is 2. The summed E-state index contributed by atoms with van der Waals surface area (Å²) in [5, 5.41) is 11.7. The molecule has 0 unspecified atom stereocenters. The lowest BCUT2D eigenvalue weighted by atomic mass is 10.1. The maximum Gasteiger partial charge on any atom is 0.573 e. The Morgan fingerprint density at radius 2 is 1.79 bits per heavy atom. The van der Waals surface area contributed by atoms with E-state index in [9.17, 15) is 27.6 Å². The summed E-state index contributed by atoms with van der Waals surface area (Å²) in [7, 11) is 1.39. The van der Waals surface area contributed by atoms with Crippen molar-refractivity contribution in [2.45, 2.75) is 19.7 Å². The Balaban J connectivity index is 2.07. The van der Waals surface area contributed by atoms with E-state index in [0.29, 0.717) is 27.9 Å². The highest BCUT2D eigenvalue weighted by molar-refractivity contribution is 6.33. The number of nitrogens with zero attached hydrogens (tertiary/aromatic N) is 1. The summed E-state index contributed by atoms with van der Waals surface area (Å²) in [5.41, 5.74) is 1.19. The summed E-state index contributed by atoms with van der Waals surface area (Å²) < 4.78 is 47.6. The number of fused-ring (bicyclic) bond motifs is 1. The molecule has 2 N–H and O–H groups in total. The van der Waals surface area contributed by atoms with E-state index < -0.39 is 36.4 Å². The topological polar surface area (TPSA) is 107 Å².